The number of nitrogens with one attached hydrogen (secondary N) is 3. The van der Waals surface area contributed by atoms with Gasteiger partial charge in [-0.2, -0.15) is 0 Å². The van der Waals surface area contributed by atoms with Gasteiger partial charge in [0.05, 0.1) is 12.2 Å². The minimum absolute atomic E-state index is 0.143. The number of rotatable bonds is 6. The third-order valence-electron chi connectivity index (χ3n) is 3.68. The number of ether oxygens (including phenoxy) is 1. The summed E-state index contributed by atoms with van der Waals surface area (Å²) in [6.45, 7) is 5.84. The summed E-state index contributed by atoms with van der Waals surface area (Å²) in [6.07, 6.45) is 0.834. The van der Waals surface area contributed by atoms with Crippen LogP contribution in [0.5, 0.6) is 5.75 Å². The average molecular weight is 464 g/mol. The second-order valence-corrected chi connectivity index (χ2v) is 7.43. The normalized spacial score (nSPS) is 10.1. The first-order valence-corrected chi connectivity index (χ1v) is 9.93. The number of anilines is 2. The van der Waals surface area contributed by atoms with Gasteiger partial charge in [-0.1, -0.05) is 28.9 Å². The molecule has 0 radical (unpaired) electrons. The van der Waals surface area contributed by atoms with Crippen molar-refractivity contribution in [2.24, 2.45) is 0 Å². The van der Waals surface area contributed by atoms with Crippen LogP contribution in [0, 0.1) is 6.92 Å². The lowest BCUT2D eigenvalue weighted by atomic mass is 10.1. The number of carbonyl (C=O) groups excluding carboxylic acids is 2. The molecule has 2 amide bonds. The Morgan fingerprint density at radius 2 is 1.89 bits per heavy atom. The van der Waals surface area contributed by atoms with Gasteiger partial charge in [0.1, 0.15) is 5.75 Å². The monoisotopic (exact) mass is 463 g/mol. The number of aryl methyl sites for hydroxylation is 1. The molecular formula is C20H22BrN3O3S. The lowest BCUT2D eigenvalue weighted by Gasteiger charge is -2.14. The number of benzene rings is 2. The second kappa shape index (κ2) is 10.2. The van der Waals surface area contributed by atoms with Crippen LogP contribution in [0.25, 0.3) is 0 Å². The molecule has 0 fully saturated rings. The number of hydrogen-bond donors (Lipinski definition) is 3. The molecule has 0 aliphatic heterocycles. The average Bonchev–Trinajstić information content (AvgIpc) is 2.63. The van der Waals surface area contributed by atoms with E-state index in [0.717, 1.165) is 16.5 Å². The Morgan fingerprint density at radius 3 is 2.57 bits per heavy atom. The van der Waals surface area contributed by atoms with E-state index in [1.807, 2.05) is 32.0 Å². The highest BCUT2D eigenvalue weighted by Crippen LogP contribution is 2.24. The van der Waals surface area contributed by atoms with Gasteiger partial charge in [0.15, 0.2) is 5.11 Å². The molecule has 28 heavy (non-hydrogen) atoms. The summed E-state index contributed by atoms with van der Waals surface area (Å²) in [5.74, 6) is -0.0434. The highest BCUT2D eigenvalue weighted by molar-refractivity contribution is 9.10. The maximum atomic E-state index is 12.7. The Kier molecular flexibility index (Phi) is 7.95. The van der Waals surface area contributed by atoms with E-state index in [-0.39, 0.29) is 16.9 Å². The predicted molar refractivity (Wildman–Crippen MR) is 119 cm³/mol. The van der Waals surface area contributed by atoms with E-state index in [0.29, 0.717) is 29.3 Å². The molecule has 148 valence electrons. The molecule has 0 heterocycles. The van der Waals surface area contributed by atoms with E-state index < -0.39 is 0 Å². The van der Waals surface area contributed by atoms with Gasteiger partial charge in [-0.25, -0.2) is 0 Å². The number of hydrogen-bond acceptors (Lipinski definition) is 4. The minimum Gasteiger partial charge on any atom is -0.493 e. The standard InChI is InChI=1S/C20H22BrN3O3S/c1-4-9-27-18-8-6-14(21)10-16(18)19(26)24-20(28)23-15-7-5-12(2)17(11-15)22-13(3)25/h5-8,10-11H,4,9H2,1-3H3,(H,22,25)(H2,23,24,26,28). The molecular weight excluding hydrogens is 442 g/mol. The summed E-state index contributed by atoms with van der Waals surface area (Å²) in [4.78, 5) is 24.0. The lowest BCUT2D eigenvalue weighted by Crippen LogP contribution is -2.34. The van der Waals surface area contributed by atoms with Crippen molar-refractivity contribution in [2.75, 3.05) is 17.2 Å². The Hall–Kier alpha value is -2.45. The minimum atomic E-state index is -0.376. The zero-order chi connectivity index (χ0) is 20.7. The third kappa shape index (κ3) is 6.31. The topological polar surface area (TPSA) is 79.5 Å². The van der Waals surface area contributed by atoms with Crippen molar-refractivity contribution in [3.63, 3.8) is 0 Å². The second-order valence-electron chi connectivity index (χ2n) is 6.11. The third-order valence-corrected chi connectivity index (χ3v) is 4.38. The molecule has 2 rings (SSSR count). The van der Waals surface area contributed by atoms with Crippen LogP contribution in [0.3, 0.4) is 0 Å². The zero-order valence-corrected chi connectivity index (χ0v) is 18.3. The lowest BCUT2D eigenvalue weighted by molar-refractivity contribution is -0.114. The molecule has 0 bridgehead atoms. The molecule has 0 saturated carbocycles. The summed E-state index contributed by atoms with van der Waals surface area (Å²) < 4.78 is 6.41. The van der Waals surface area contributed by atoms with E-state index >= 15 is 0 Å². The molecule has 0 atom stereocenters. The maximum Gasteiger partial charge on any atom is 0.261 e. The van der Waals surface area contributed by atoms with Crippen LogP contribution >= 0.6 is 28.1 Å². The Balaban J connectivity index is 2.10. The van der Waals surface area contributed by atoms with E-state index in [4.69, 9.17) is 17.0 Å². The highest BCUT2D eigenvalue weighted by Gasteiger charge is 2.15. The Morgan fingerprint density at radius 1 is 1.14 bits per heavy atom. The maximum absolute atomic E-state index is 12.7. The first kappa shape index (κ1) is 21.8. The van der Waals surface area contributed by atoms with E-state index in [1.54, 1.807) is 18.2 Å². The van der Waals surface area contributed by atoms with Crippen LogP contribution in [-0.4, -0.2) is 23.5 Å². The molecule has 0 aliphatic rings. The van der Waals surface area contributed by atoms with Gasteiger partial charge < -0.3 is 15.4 Å². The fraction of sp³-hybridized carbons (Fsp3) is 0.250. The van der Waals surface area contributed by atoms with Gasteiger partial charge in [-0.05, 0) is 61.5 Å². The molecule has 0 aliphatic carbocycles. The van der Waals surface area contributed by atoms with E-state index in [9.17, 15) is 9.59 Å². The van der Waals surface area contributed by atoms with Crippen molar-refractivity contribution in [1.29, 1.82) is 0 Å². The molecule has 6 nitrogen and oxygen atoms in total. The van der Waals surface area contributed by atoms with Crippen molar-refractivity contribution in [3.05, 3.63) is 52.0 Å². The van der Waals surface area contributed by atoms with Gasteiger partial charge in [-0.3, -0.25) is 14.9 Å². The Bertz CT molecular complexity index is 902. The summed E-state index contributed by atoms with van der Waals surface area (Å²) in [7, 11) is 0. The largest absolute Gasteiger partial charge is 0.493 e. The van der Waals surface area contributed by atoms with Crippen LogP contribution in [0.15, 0.2) is 40.9 Å². The Labute approximate surface area is 178 Å². The smallest absolute Gasteiger partial charge is 0.261 e. The van der Waals surface area contributed by atoms with Gasteiger partial charge >= 0.3 is 0 Å². The van der Waals surface area contributed by atoms with Crippen molar-refractivity contribution in [3.8, 4) is 5.75 Å². The molecule has 0 unspecified atom stereocenters. The quantitative estimate of drug-likeness (QED) is 0.544. The number of thiocarbonyl (C=S) groups is 1. The summed E-state index contributed by atoms with van der Waals surface area (Å²) >= 11 is 8.63. The number of amides is 2. The van der Waals surface area contributed by atoms with E-state index in [1.165, 1.54) is 6.92 Å². The van der Waals surface area contributed by atoms with Crippen LogP contribution in [0.4, 0.5) is 11.4 Å². The molecule has 0 aromatic heterocycles. The van der Waals surface area contributed by atoms with Crippen molar-refractivity contribution in [2.45, 2.75) is 27.2 Å². The SMILES string of the molecule is CCCOc1ccc(Br)cc1C(=O)NC(=S)Nc1ccc(C)c(NC(C)=O)c1. The van der Waals surface area contributed by atoms with Gasteiger partial charge in [0.2, 0.25) is 5.91 Å². The summed E-state index contributed by atoms with van der Waals surface area (Å²) in [5, 5.41) is 8.51. The van der Waals surface area contributed by atoms with Crippen molar-refractivity contribution in [1.82, 2.24) is 5.32 Å². The van der Waals surface area contributed by atoms with Gasteiger partial charge in [0, 0.05) is 22.8 Å². The molecule has 0 spiro atoms. The van der Waals surface area contributed by atoms with E-state index in [2.05, 4.69) is 31.9 Å². The van der Waals surface area contributed by atoms with Crippen LogP contribution in [0.2, 0.25) is 0 Å². The summed E-state index contributed by atoms with van der Waals surface area (Å²) in [5.41, 5.74) is 2.63. The highest BCUT2D eigenvalue weighted by atomic mass is 79.9. The number of carbonyl (C=O) groups is 2. The molecule has 0 saturated heterocycles. The van der Waals surface area contributed by atoms with Gasteiger partial charge in [-0.15, -0.1) is 0 Å². The molecule has 2 aromatic carbocycles. The van der Waals surface area contributed by atoms with Crippen LogP contribution in [0.1, 0.15) is 36.2 Å². The van der Waals surface area contributed by atoms with Crippen LogP contribution < -0.4 is 20.7 Å². The first-order valence-electron chi connectivity index (χ1n) is 8.73. The van der Waals surface area contributed by atoms with Crippen LogP contribution in [-0.2, 0) is 4.79 Å². The van der Waals surface area contributed by atoms with Crippen molar-refractivity contribution < 1.29 is 14.3 Å². The first-order chi connectivity index (χ1) is 13.3. The zero-order valence-electron chi connectivity index (χ0n) is 15.9. The fourth-order valence-corrected chi connectivity index (χ4v) is 2.95. The van der Waals surface area contributed by atoms with Crippen molar-refractivity contribution >= 4 is 56.4 Å². The number of halogens is 1. The predicted octanol–water partition coefficient (Wildman–Crippen LogP) is 4.63. The summed E-state index contributed by atoms with van der Waals surface area (Å²) in [6, 6.07) is 10.7. The fourth-order valence-electron chi connectivity index (χ4n) is 2.37. The molecule has 2 aromatic rings. The molecule has 3 N–H and O–H groups in total. The van der Waals surface area contributed by atoms with Gasteiger partial charge in [0.25, 0.3) is 5.91 Å². The molecule has 8 heteroatoms.